The molecule has 0 aliphatic carbocycles. The molecule has 0 bridgehead atoms. The lowest BCUT2D eigenvalue weighted by atomic mass is 9.99. The first-order valence-electron chi connectivity index (χ1n) is 7.04. The van der Waals surface area contributed by atoms with Gasteiger partial charge in [0.2, 0.25) is 0 Å². The molecule has 0 saturated carbocycles. The Morgan fingerprint density at radius 2 is 1.88 bits per heavy atom. The molecule has 0 spiro atoms. The number of carbonyl (C=O) groups is 1. The van der Waals surface area contributed by atoms with Gasteiger partial charge in [-0.15, -0.1) is 0 Å². The number of hydrogen-bond acceptors (Lipinski definition) is 9. The summed E-state index contributed by atoms with van der Waals surface area (Å²) in [5, 5.41) is 56.7. The second-order valence-corrected chi connectivity index (χ2v) is 5.21. The maximum atomic E-state index is 11.8. The van der Waals surface area contributed by atoms with Crippen LogP contribution in [0.1, 0.15) is 5.56 Å². The number of phenolic OH excluding ortho intramolecular Hbond substituents is 2. The maximum absolute atomic E-state index is 11.8. The van der Waals surface area contributed by atoms with Crippen LogP contribution in [0.15, 0.2) is 24.3 Å². The average molecular weight is 342 g/mol. The Kier molecular flexibility index (Phi) is 5.75. The van der Waals surface area contributed by atoms with Crippen LogP contribution in [0.5, 0.6) is 11.5 Å². The van der Waals surface area contributed by atoms with Crippen LogP contribution in [0.4, 0.5) is 0 Å². The zero-order chi connectivity index (χ0) is 17.9. The number of benzene rings is 1. The van der Waals surface area contributed by atoms with Crippen LogP contribution in [0.3, 0.4) is 0 Å². The third-order valence-corrected chi connectivity index (χ3v) is 3.51. The zero-order valence-electron chi connectivity index (χ0n) is 12.4. The summed E-state index contributed by atoms with van der Waals surface area (Å²) in [4.78, 5) is 11.8. The van der Waals surface area contributed by atoms with E-state index < -0.39 is 43.3 Å². The van der Waals surface area contributed by atoms with Gasteiger partial charge in [-0.25, -0.2) is 4.79 Å². The van der Waals surface area contributed by atoms with E-state index in [-0.39, 0.29) is 11.5 Å². The van der Waals surface area contributed by atoms with Crippen molar-refractivity contribution in [3.8, 4) is 11.5 Å². The number of esters is 1. The van der Waals surface area contributed by atoms with Gasteiger partial charge in [0.15, 0.2) is 23.9 Å². The van der Waals surface area contributed by atoms with Gasteiger partial charge < -0.3 is 40.1 Å². The normalized spacial score (nSPS) is 30.4. The highest BCUT2D eigenvalue weighted by atomic mass is 16.7. The molecule has 1 aliphatic rings. The van der Waals surface area contributed by atoms with Gasteiger partial charge in [0.05, 0.1) is 6.61 Å². The van der Waals surface area contributed by atoms with Gasteiger partial charge in [-0.2, -0.15) is 0 Å². The van der Waals surface area contributed by atoms with Crippen molar-refractivity contribution >= 4 is 12.0 Å². The van der Waals surface area contributed by atoms with Crippen LogP contribution in [0.25, 0.3) is 6.08 Å². The number of ether oxygens (including phenoxy) is 2. The van der Waals surface area contributed by atoms with Gasteiger partial charge in [0, 0.05) is 6.08 Å². The number of carbonyl (C=O) groups excluding carboxylic acids is 1. The van der Waals surface area contributed by atoms with Crippen LogP contribution in [-0.4, -0.2) is 73.9 Å². The highest BCUT2D eigenvalue weighted by Crippen LogP contribution is 2.26. The van der Waals surface area contributed by atoms with Crippen molar-refractivity contribution in [2.75, 3.05) is 6.61 Å². The van der Waals surface area contributed by atoms with Crippen molar-refractivity contribution in [3.05, 3.63) is 29.8 Å². The predicted octanol–water partition coefficient (Wildman–Crippen LogP) is -1.55. The number of aliphatic hydroxyl groups is 4. The Bertz CT molecular complexity index is 615. The quantitative estimate of drug-likeness (QED) is 0.217. The predicted molar refractivity (Wildman–Crippen MR) is 78.7 cm³/mol. The van der Waals surface area contributed by atoms with Crippen LogP contribution < -0.4 is 0 Å². The molecular weight excluding hydrogens is 324 g/mol. The number of aromatic hydroxyl groups is 2. The van der Waals surface area contributed by atoms with E-state index >= 15 is 0 Å². The Labute approximate surface area is 136 Å². The lowest BCUT2D eigenvalue weighted by Crippen LogP contribution is -2.59. The minimum absolute atomic E-state index is 0.312. The first kappa shape index (κ1) is 18.2. The van der Waals surface area contributed by atoms with Crippen molar-refractivity contribution < 1.29 is 44.9 Å². The second kappa shape index (κ2) is 7.60. The molecule has 1 unspecified atom stereocenters. The molecular formula is C15H18O9. The Balaban J connectivity index is 2.00. The number of phenols is 2. The molecule has 6 N–H and O–H groups in total. The Morgan fingerprint density at radius 1 is 1.17 bits per heavy atom. The van der Waals surface area contributed by atoms with Crippen LogP contribution in [0, 0.1) is 0 Å². The average Bonchev–Trinajstić information content (AvgIpc) is 2.56. The molecule has 132 valence electrons. The maximum Gasteiger partial charge on any atom is 0.331 e. The minimum Gasteiger partial charge on any atom is -0.504 e. The van der Waals surface area contributed by atoms with E-state index in [0.717, 1.165) is 6.08 Å². The van der Waals surface area contributed by atoms with Gasteiger partial charge in [0.25, 0.3) is 0 Å². The molecule has 1 fully saturated rings. The fraction of sp³-hybridized carbons (Fsp3) is 0.400. The molecule has 1 saturated heterocycles. The lowest BCUT2D eigenvalue weighted by molar-refractivity contribution is -0.289. The lowest BCUT2D eigenvalue weighted by Gasteiger charge is -2.39. The molecule has 1 heterocycles. The van der Waals surface area contributed by atoms with E-state index in [0.29, 0.717) is 5.56 Å². The number of hydrogen-bond donors (Lipinski definition) is 6. The van der Waals surface area contributed by atoms with Gasteiger partial charge in [-0.05, 0) is 23.8 Å². The van der Waals surface area contributed by atoms with Gasteiger partial charge in [0.1, 0.15) is 18.3 Å². The molecule has 1 aromatic rings. The summed E-state index contributed by atoms with van der Waals surface area (Å²) in [5.74, 6) is -1.62. The highest BCUT2D eigenvalue weighted by molar-refractivity contribution is 5.87. The highest BCUT2D eigenvalue weighted by Gasteiger charge is 2.45. The van der Waals surface area contributed by atoms with Crippen molar-refractivity contribution in [3.63, 3.8) is 0 Å². The third-order valence-electron chi connectivity index (χ3n) is 3.51. The summed E-state index contributed by atoms with van der Waals surface area (Å²) in [5.41, 5.74) is 0.392. The van der Waals surface area contributed by atoms with Gasteiger partial charge in [-0.3, -0.25) is 0 Å². The van der Waals surface area contributed by atoms with E-state index in [4.69, 9.17) is 14.6 Å². The van der Waals surface area contributed by atoms with Crippen LogP contribution in [-0.2, 0) is 14.3 Å². The fourth-order valence-electron chi connectivity index (χ4n) is 2.18. The van der Waals surface area contributed by atoms with Gasteiger partial charge >= 0.3 is 5.97 Å². The fourth-order valence-corrected chi connectivity index (χ4v) is 2.18. The Morgan fingerprint density at radius 3 is 2.50 bits per heavy atom. The van der Waals surface area contributed by atoms with Crippen LogP contribution >= 0.6 is 0 Å². The zero-order valence-corrected chi connectivity index (χ0v) is 12.4. The monoisotopic (exact) mass is 342 g/mol. The van der Waals surface area contributed by atoms with Crippen molar-refractivity contribution in [2.24, 2.45) is 0 Å². The van der Waals surface area contributed by atoms with Crippen molar-refractivity contribution in [1.29, 1.82) is 0 Å². The van der Waals surface area contributed by atoms with E-state index in [9.17, 15) is 30.3 Å². The molecule has 1 aliphatic heterocycles. The second-order valence-electron chi connectivity index (χ2n) is 5.21. The van der Waals surface area contributed by atoms with Crippen LogP contribution in [0.2, 0.25) is 0 Å². The number of aliphatic hydroxyl groups excluding tert-OH is 4. The SMILES string of the molecule is O=C(/C=C/c1ccc(O)c(O)c1)O[C@H]1C(O)O[C@H](CO)[C@@H](O)[C@@H]1O. The summed E-state index contributed by atoms with van der Waals surface area (Å²) < 4.78 is 9.71. The smallest absolute Gasteiger partial charge is 0.331 e. The molecule has 1 aromatic carbocycles. The Hall–Kier alpha value is -2.17. The molecule has 0 radical (unpaired) electrons. The minimum atomic E-state index is -1.71. The number of rotatable bonds is 4. The first-order valence-corrected chi connectivity index (χ1v) is 7.04. The topological polar surface area (TPSA) is 157 Å². The van der Waals surface area contributed by atoms with E-state index in [1.165, 1.54) is 24.3 Å². The summed E-state index contributed by atoms with van der Waals surface area (Å²) in [6, 6.07) is 3.87. The summed E-state index contributed by atoms with van der Waals surface area (Å²) in [7, 11) is 0. The third kappa shape index (κ3) is 4.02. The van der Waals surface area contributed by atoms with E-state index in [1.54, 1.807) is 0 Å². The van der Waals surface area contributed by atoms with Crippen molar-refractivity contribution in [2.45, 2.75) is 30.7 Å². The van der Waals surface area contributed by atoms with E-state index in [2.05, 4.69) is 0 Å². The standard InChI is InChI=1S/C15H18O9/c16-6-10-12(20)13(21)14(15(22)23-10)24-11(19)4-2-7-1-3-8(17)9(18)5-7/h1-5,10,12-18,20-22H,6H2/b4-2+/t10-,12-,13+,14-,15?/m1/s1. The molecule has 2 rings (SSSR count). The summed E-state index contributed by atoms with van der Waals surface area (Å²) in [6.07, 6.45) is -5.37. The van der Waals surface area contributed by atoms with Crippen molar-refractivity contribution in [1.82, 2.24) is 0 Å². The molecule has 24 heavy (non-hydrogen) atoms. The molecule has 9 nitrogen and oxygen atoms in total. The molecule has 9 heteroatoms. The summed E-state index contributed by atoms with van der Waals surface area (Å²) in [6.45, 7) is -0.625. The summed E-state index contributed by atoms with van der Waals surface area (Å²) >= 11 is 0. The molecule has 5 atom stereocenters. The van der Waals surface area contributed by atoms with Gasteiger partial charge in [-0.1, -0.05) is 6.07 Å². The molecule has 0 aromatic heterocycles. The molecule has 0 amide bonds. The largest absolute Gasteiger partial charge is 0.504 e. The van der Waals surface area contributed by atoms with E-state index in [1.807, 2.05) is 0 Å². The first-order chi connectivity index (χ1) is 11.3.